The maximum atomic E-state index is 10.7. The van der Waals surface area contributed by atoms with Crippen LogP contribution in [-0.2, 0) is 13.7 Å². The molecule has 0 aliphatic heterocycles. The molecule has 2 rings (SSSR count). The Morgan fingerprint density at radius 1 is 1.53 bits per heavy atom. The van der Waals surface area contributed by atoms with E-state index >= 15 is 0 Å². The highest BCUT2D eigenvalue weighted by Crippen LogP contribution is 2.14. The molecule has 88 valence electrons. The molecule has 0 amide bonds. The number of carboxylic acids is 1. The molecule has 1 aromatic heterocycles. The standard InChI is InChI=1S/C10H10N4O3/c1-14-9(11-12-13-14)6-17-8-4-2-3-7(5-8)10(15)16/h2-5H,6H2,1H3,(H,15,16). The van der Waals surface area contributed by atoms with Crippen LogP contribution in [0, 0.1) is 0 Å². The Morgan fingerprint density at radius 2 is 2.35 bits per heavy atom. The smallest absolute Gasteiger partial charge is 0.335 e. The molecule has 0 radical (unpaired) electrons. The highest BCUT2D eigenvalue weighted by Gasteiger charge is 2.06. The van der Waals surface area contributed by atoms with Crippen molar-refractivity contribution in [1.82, 2.24) is 20.2 Å². The molecule has 0 bridgehead atoms. The Bertz CT molecular complexity index is 538. The summed E-state index contributed by atoms with van der Waals surface area (Å²) in [5.41, 5.74) is 0.179. The second kappa shape index (κ2) is 4.60. The van der Waals surface area contributed by atoms with Crippen LogP contribution in [0.1, 0.15) is 16.2 Å². The van der Waals surface area contributed by atoms with E-state index in [1.165, 1.54) is 16.8 Å². The largest absolute Gasteiger partial charge is 0.486 e. The van der Waals surface area contributed by atoms with Crippen LogP contribution in [0.2, 0.25) is 0 Å². The topological polar surface area (TPSA) is 90.1 Å². The maximum Gasteiger partial charge on any atom is 0.335 e. The fourth-order valence-electron chi connectivity index (χ4n) is 1.24. The van der Waals surface area contributed by atoms with E-state index in [1.54, 1.807) is 19.2 Å². The summed E-state index contributed by atoms with van der Waals surface area (Å²) in [6.45, 7) is 0.187. The zero-order chi connectivity index (χ0) is 12.3. The molecule has 0 unspecified atom stereocenters. The van der Waals surface area contributed by atoms with Crippen LogP contribution in [0.4, 0.5) is 0 Å². The minimum atomic E-state index is -0.990. The van der Waals surface area contributed by atoms with E-state index in [9.17, 15) is 4.79 Å². The first kappa shape index (κ1) is 11.1. The number of nitrogens with zero attached hydrogens (tertiary/aromatic N) is 4. The number of tetrazole rings is 1. The highest BCUT2D eigenvalue weighted by molar-refractivity contribution is 5.87. The lowest BCUT2D eigenvalue weighted by Gasteiger charge is -2.05. The van der Waals surface area contributed by atoms with Gasteiger partial charge >= 0.3 is 5.97 Å². The van der Waals surface area contributed by atoms with Gasteiger partial charge in [0, 0.05) is 7.05 Å². The Labute approximate surface area is 96.6 Å². The van der Waals surface area contributed by atoms with Crippen LogP contribution in [0.5, 0.6) is 5.75 Å². The Balaban J connectivity index is 2.07. The fourth-order valence-corrected chi connectivity index (χ4v) is 1.24. The molecule has 0 saturated carbocycles. The Morgan fingerprint density at radius 3 is 3.00 bits per heavy atom. The number of aromatic carboxylic acids is 1. The second-order valence-electron chi connectivity index (χ2n) is 3.34. The summed E-state index contributed by atoms with van der Waals surface area (Å²) < 4.78 is 6.88. The third-order valence-electron chi connectivity index (χ3n) is 2.16. The van der Waals surface area contributed by atoms with Crippen LogP contribution in [0.3, 0.4) is 0 Å². The molecule has 1 N–H and O–H groups in total. The molecule has 0 fully saturated rings. The molecule has 7 heteroatoms. The molecule has 7 nitrogen and oxygen atoms in total. The van der Waals surface area contributed by atoms with Crippen molar-refractivity contribution in [3.63, 3.8) is 0 Å². The minimum absolute atomic E-state index is 0.179. The summed E-state index contributed by atoms with van der Waals surface area (Å²) in [5, 5.41) is 19.7. The fraction of sp³-hybridized carbons (Fsp3) is 0.200. The number of hydrogen-bond donors (Lipinski definition) is 1. The third kappa shape index (κ3) is 2.57. The van der Waals surface area contributed by atoms with Gasteiger partial charge in [0.1, 0.15) is 12.4 Å². The summed E-state index contributed by atoms with van der Waals surface area (Å²) in [4.78, 5) is 10.7. The number of carbonyl (C=O) groups is 1. The van der Waals surface area contributed by atoms with Crippen molar-refractivity contribution in [1.29, 1.82) is 0 Å². The van der Waals surface area contributed by atoms with E-state index < -0.39 is 5.97 Å². The van der Waals surface area contributed by atoms with Crippen LogP contribution in [-0.4, -0.2) is 31.3 Å². The lowest BCUT2D eigenvalue weighted by Crippen LogP contribution is -2.05. The molecule has 0 atom stereocenters. The monoisotopic (exact) mass is 234 g/mol. The van der Waals surface area contributed by atoms with E-state index in [2.05, 4.69) is 15.5 Å². The predicted molar refractivity (Wildman–Crippen MR) is 56.5 cm³/mol. The number of ether oxygens (including phenoxy) is 1. The summed E-state index contributed by atoms with van der Waals surface area (Å²) in [6, 6.07) is 6.25. The zero-order valence-corrected chi connectivity index (χ0v) is 9.07. The first-order valence-corrected chi connectivity index (χ1v) is 4.84. The number of hydrogen-bond acceptors (Lipinski definition) is 5. The van der Waals surface area contributed by atoms with Gasteiger partial charge in [-0.05, 0) is 28.6 Å². The van der Waals surface area contributed by atoms with Crippen molar-refractivity contribution in [3.05, 3.63) is 35.7 Å². The average Bonchev–Trinajstić information content (AvgIpc) is 2.72. The Hall–Kier alpha value is -2.44. The molecule has 0 aliphatic rings. The normalized spacial score (nSPS) is 10.2. The number of aromatic nitrogens is 4. The van der Waals surface area contributed by atoms with Gasteiger partial charge in [0.25, 0.3) is 0 Å². The van der Waals surface area contributed by atoms with Gasteiger partial charge in [-0.25, -0.2) is 9.48 Å². The minimum Gasteiger partial charge on any atom is -0.486 e. The summed E-state index contributed by atoms with van der Waals surface area (Å²) in [6.07, 6.45) is 0. The first-order valence-electron chi connectivity index (χ1n) is 4.84. The van der Waals surface area contributed by atoms with Crippen molar-refractivity contribution < 1.29 is 14.6 Å². The molecule has 17 heavy (non-hydrogen) atoms. The van der Waals surface area contributed by atoms with Crippen LogP contribution in [0.15, 0.2) is 24.3 Å². The van der Waals surface area contributed by atoms with Gasteiger partial charge in [-0.1, -0.05) is 6.07 Å². The van der Waals surface area contributed by atoms with E-state index in [-0.39, 0.29) is 12.2 Å². The summed E-state index contributed by atoms with van der Waals surface area (Å²) in [5.74, 6) is 0.0365. The van der Waals surface area contributed by atoms with Crippen molar-refractivity contribution >= 4 is 5.97 Å². The predicted octanol–water partition coefficient (Wildman–Crippen LogP) is 0.487. The number of carboxylic acid groups (broad SMARTS) is 1. The zero-order valence-electron chi connectivity index (χ0n) is 9.07. The van der Waals surface area contributed by atoms with Gasteiger partial charge in [0.05, 0.1) is 5.56 Å². The summed E-state index contributed by atoms with van der Waals surface area (Å²) in [7, 11) is 1.70. The van der Waals surface area contributed by atoms with Gasteiger partial charge < -0.3 is 9.84 Å². The van der Waals surface area contributed by atoms with Crippen LogP contribution < -0.4 is 4.74 Å². The first-order chi connectivity index (χ1) is 8.16. The molecule has 2 aromatic rings. The average molecular weight is 234 g/mol. The SMILES string of the molecule is Cn1nnnc1COc1cccc(C(=O)O)c1. The van der Waals surface area contributed by atoms with Crippen molar-refractivity contribution in [3.8, 4) is 5.75 Å². The molecule has 1 heterocycles. The van der Waals surface area contributed by atoms with E-state index in [4.69, 9.17) is 9.84 Å². The van der Waals surface area contributed by atoms with Crippen LogP contribution >= 0.6 is 0 Å². The van der Waals surface area contributed by atoms with Crippen molar-refractivity contribution in [2.24, 2.45) is 7.05 Å². The molecular weight excluding hydrogens is 224 g/mol. The molecule has 1 aromatic carbocycles. The van der Waals surface area contributed by atoms with Gasteiger partial charge in [0.15, 0.2) is 5.82 Å². The van der Waals surface area contributed by atoms with Crippen LogP contribution in [0.25, 0.3) is 0 Å². The lowest BCUT2D eigenvalue weighted by molar-refractivity contribution is 0.0696. The number of benzene rings is 1. The number of aryl methyl sites for hydroxylation is 1. The molecule has 0 aliphatic carbocycles. The van der Waals surface area contributed by atoms with E-state index in [0.29, 0.717) is 11.6 Å². The third-order valence-corrected chi connectivity index (χ3v) is 2.16. The molecule has 0 saturated heterocycles. The van der Waals surface area contributed by atoms with Gasteiger partial charge in [-0.3, -0.25) is 0 Å². The van der Waals surface area contributed by atoms with E-state index in [1.807, 2.05) is 0 Å². The number of rotatable bonds is 4. The quantitative estimate of drug-likeness (QED) is 0.827. The van der Waals surface area contributed by atoms with Crippen molar-refractivity contribution in [2.75, 3.05) is 0 Å². The summed E-state index contributed by atoms with van der Waals surface area (Å²) >= 11 is 0. The second-order valence-corrected chi connectivity index (χ2v) is 3.34. The van der Waals surface area contributed by atoms with Crippen molar-refractivity contribution in [2.45, 2.75) is 6.61 Å². The van der Waals surface area contributed by atoms with E-state index in [0.717, 1.165) is 0 Å². The lowest BCUT2D eigenvalue weighted by atomic mass is 10.2. The molecular formula is C10H10N4O3. The highest BCUT2D eigenvalue weighted by atomic mass is 16.5. The Kier molecular flexibility index (Phi) is 2.99. The van der Waals surface area contributed by atoms with Gasteiger partial charge in [-0.2, -0.15) is 0 Å². The van der Waals surface area contributed by atoms with Gasteiger partial charge in [0.2, 0.25) is 0 Å². The maximum absolute atomic E-state index is 10.7. The molecule has 0 spiro atoms. The van der Waals surface area contributed by atoms with Gasteiger partial charge in [-0.15, -0.1) is 5.10 Å².